The van der Waals surface area contributed by atoms with Crippen molar-refractivity contribution in [3.8, 4) is 6.07 Å². The third-order valence-electron chi connectivity index (χ3n) is 2.91. The first-order chi connectivity index (χ1) is 10.1. The molecule has 0 aliphatic rings. The van der Waals surface area contributed by atoms with E-state index in [4.69, 9.17) is 5.26 Å². The van der Waals surface area contributed by atoms with Crippen molar-refractivity contribution < 1.29 is 9.18 Å². The van der Waals surface area contributed by atoms with Gasteiger partial charge in [-0.05, 0) is 29.8 Å². The molecule has 0 spiro atoms. The minimum absolute atomic E-state index is 0.102. The van der Waals surface area contributed by atoms with Gasteiger partial charge >= 0.3 is 0 Å². The molecule has 21 heavy (non-hydrogen) atoms. The summed E-state index contributed by atoms with van der Waals surface area (Å²) in [6.45, 7) is 0.102. The molecule has 0 saturated carbocycles. The Labute approximate surface area is 130 Å². The monoisotopic (exact) mass is 346 g/mol. The number of hydrogen-bond donors (Lipinski definition) is 1. The lowest BCUT2D eigenvalue weighted by Crippen LogP contribution is -2.25. The smallest absolute Gasteiger partial charge is 0.224 e. The molecule has 2 aromatic rings. The number of halogens is 2. The Morgan fingerprint density at radius 1 is 1.29 bits per heavy atom. The van der Waals surface area contributed by atoms with Gasteiger partial charge in [0.2, 0.25) is 5.91 Å². The van der Waals surface area contributed by atoms with Crippen molar-refractivity contribution in [1.29, 1.82) is 5.26 Å². The molecule has 1 amide bonds. The number of carbonyl (C=O) groups excluding carboxylic acids is 1. The lowest BCUT2D eigenvalue weighted by Gasteiger charge is -2.07. The summed E-state index contributed by atoms with van der Waals surface area (Å²) in [6, 6.07) is 13.5. The van der Waals surface area contributed by atoms with Crippen LogP contribution in [0.25, 0.3) is 0 Å². The second-order valence-corrected chi connectivity index (χ2v) is 5.42. The molecule has 0 aliphatic heterocycles. The largest absolute Gasteiger partial charge is 0.352 e. The summed E-state index contributed by atoms with van der Waals surface area (Å²) in [5.74, 6) is -0.673. The second kappa shape index (κ2) is 7.00. The van der Waals surface area contributed by atoms with Gasteiger partial charge in [0.05, 0.1) is 18.1 Å². The lowest BCUT2D eigenvalue weighted by atomic mass is 10.1. The maximum atomic E-state index is 13.7. The minimum atomic E-state index is -0.489. The van der Waals surface area contributed by atoms with Crippen LogP contribution in [-0.4, -0.2) is 5.91 Å². The lowest BCUT2D eigenvalue weighted by molar-refractivity contribution is -0.120. The average molecular weight is 347 g/mol. The van der Waals surface area contributed by atoms with Gasteiger partial charge in [0.1, 0.15) is 5.82 Å². The first kappa shape index (κ1) is 15.2. The summed E-state index contributed by atoms with van der Waals surface area (Å²) in [4.78, 5) is 11.8. The van der Waals surface area contributed by atoms with Crippen LogP contribution in [0.1, 0.15) is 16.7 Å². The van der Waals surface area contributed by atoms with E-state index in [0.717, 1.165) is 16.1 Å². The molecule has 2 rings (SSSR count). The van der Waals surface area contributed by atoms with Crippen LogP contribution in [0.5, 0.6) is 0 Å². The van der Waals surface area contributed by atoms with Gasteiger partial charge in [-0.2, -0.15) is 5.26 Å². The molecule has 5 heteroatoms. The van der Waals surface area contributed by atoms with E-state index in [1.807, 2.05) is 30.3 Å². The molecule has 0 aliphatic carbocycles. The van der Waals surface area contributed by atoms with Gasteiger partial charge < -0.3 is 5.32 Å². The zero-order valence-corrected chi connectivity index (χ0v) is 12.7. The number of hydrogen-bond acceptors (Lipinski definition) is 2. The highest BCUT2D eigenvalue weighted by atomic mass is 79.9. The highest BCUT2D eigenvalue weighted by Gasteiger charge is 2.07. The van der Waals surface area contributed by atoms with Crippen LogP contribution in [0.3, 0.4) is 0 Å². The van der Waals surface area contributed by atoms with Crippen molar-refractivity contribution in [3.63, 3.8) is 0 Å². The van der Waals surface area contributed by atoms with Crippen molar-refractivity contribution >= 4 is 21.8 Å². The Morgan fingerprint density at radius 2 is 2.10 bits per heavy atom. The van der Waals surface area contributed by atoms with Crippen molar-refractivity contribution in [2.45, 2.75) is 13.0 Å². The quantitative estimate of drug-likeness (QED) is 0.923. The van der Waals surface area contributed by atoms with Gasteiger partial charge in [0.15, 0.2) is 0 Å². The van der Waals surface area contributed by atoms with Crippen molar-refractivity contribution in [3.05, 3.63) is 69.4 Å². The zero-order valence-electron chi connectivity index (χ0n) is 11.1. The standard InChI is InChI=1S/C16H12BrFN2O/c17-14-3-1-2-11(6-14)8-16(21)20-10-13-5-4-12(9-19)7-15(13)18/h1-7H,8,10H2,(H,20,21). The summed E-state index contributed by atoms with van der Waals surface area (Å²) in [7, 11) is 0. The van der Waals surface area contributed by atoms with E-state index in [9.17, 15) is 9.18 Å². The molecule has 0 fully saturated rings. The predicted molar refractivity (Wildman–Crippen MR) is 80.8 cm³/mol. The van der Waals surface area contributed by atoms with Crippen LogP contribution >= 0.6 is 15.9 Å². The second-order valence-electron chi connectivity index (χ2n) is 4.50. The number of nitrogens with one attached hydrogen (secondary N) is 1. The molecule has 0 radical (unpaired) electrons. The molecule has 3 nitrogen and oxygen atoms in total. The molecule has 1 N–H and O–H groups in total. The summed E-state index contributed by atoms with van der Waals surface area (Å²) in [5, 5.41) is 11.3. The van der Waals surface area contributed by atoms with Gasteiger partial charge in [0.25, 0.3) is 0 Å². The van der Waals surface area contributed by atoms with E-state index in [1.54, 1.807) is 0 Å². The van der Waals surface area contributed by atoms with Gasteiger partial charge in [-0.15, -0.1) is 0 Å². The topological polar surface area (TPSA) is 52.9 Å². The first-order valence-corrected chi connectivity index (χ1v) is 7.07. The summed E-state index contributed by atoms with van der Waals surface area (Å²) < 4.78 is 14.6. The molecule has 0 bridgehead atoms. The normalized spacial score (nSPS) is 9.95. The van der Waals surface area contributed by atoms with Crippen LogP contribution < -0.4 is 5.32 Å². The third kappa shape index (κ3) is 4.40. The number of nitriles is 1. The van der Waals surface area contributed by atoms with Crippen molar-refractivity contribution in [2.24, 2.45) is 0 Å². The molecule has 0 saturated heterocycles. The molecular weight excluding hydrogens is 335 g/mol. The zero-order chi connectivity index (χ0) is 15.2. The Kier molecular flexibility index (Phi) is 5.07. The average Bonchev–Trinajstić information content (AvgIpc) is 2.46. The maximum absolute atomic E-state index is 13.7. The molecular formula is C16H12BrFN2O. The Morgan fingerprint density at radius 3 is 2.76 bits per heavy atom. The van der Waals surface area contributed by atoms with Crippen LogP contribution in [0, 0.1) is 17.1 Å². The van der Waals surface area contributed by atoms with Crippen molar-refractivity contribution in [1.82, 2.24) is 5.32 Å². The number of nitrogens with zero attached hydrogens (tertiary/aromatic N) is 1. The van der Waals surface area contributed by atoms with Crippen LogP contribution in [0.4, 0.5) is 4.39 Å². The van der Waals surface area contributed by atoms with E-state index < -0.39 is 5.82 Å². The summed E-state index contributed by atoms with van der Waals surface area (Å²) in [5.41, 5.74) is 1.50. The van der Waals surface area contributed by atoms with Crippen LogP contribution in [0.2, 0.25) is 0 Å². The summed E-state index contributed by atoms with van der Waals surface area (Å²) in [6.07, 6.45) is 0.233. The van der Waals surface area contributed by atoms with E-state index in [0.29, 0.717) is 5.56 Å². The van der Waals surface area contributed by atoms with Gasteiger partial charge in [-0.1, -0.05) is 34.1 Å². The first-order valence-electron chi connectivity index (χ1n) is 6.28. The van der Waals surface area contributed by atoms with E-state index >= 15 is 0 Å². The highest BCUT2D eigenvalue weighted by molar-refractivity contribution is 9.10. The molecule has 0 atom stereocenters. The van der Waals surface area contributed by atoms with E-state index in [2.05, 4.69) is 21.2 Å². The van der Waals surface area contributed by atoms with E-state index in [1.165, 1.54) is 12.1 Å². The van der Waals surface area contributed by atoms with Crippen LogP contribution in [0.15, 0.2) is 46.9 Å². The number of amides is 1. The highest BCUT2D eigenvalue weighted by Crippen LogP contribution is 2.12. The van der Waals surface area contributed by atoms with Gasteiger partial charge in [0, 0.05) is 16.6 Å². The molecule has 0 unspecified atom stereocenters. The minimum Gasteiger partial charge on any atom is -0.352 e. The maximum Gasteiger partial charge on any atom is 0.224 e. The fraction of sp³-hybridized carbons (Fsp3) is 0.125. The SMILES string of the molecule is N#Cc1ccc(CNC(=O)Cc2cccc(Br)c2)c(F)c1. The molecule has 0 heterocycles. The third-order valence-corrected chi connectivity index (χ3v) is 3.41. The number of carbonyl (C=O) groups is 1. The fourth-order valence-corrected chi connectivity index (χ4v) is 2.30. The van der Waals surface area contributed by atoms with Gasteiger partial charge in [-0.3, -0.25) is 4.79 Å². The van der Waals surface area contributed by atoms with Crippen molar-refractivity contribution in [2.75, 3.05) is 0 Å². The van der Waals surface area contributed by atoms with E-state index in [-0.39, 0.29) is 24.4 Å². The fourth-order valence-electron chi connectivity index (χ4n) is 1.85. The summed E-state index contributed by atoms with van der Waals surface area (Å²) >= 11 is 3.34. The number of benzene rings is 2. The predicted octanol–water partition coefficient (Wildman–Crippen LogP) is 3.32. The van der Waals surface area contributed by atoms with Crippen LogP contribution in [-0.2, 0) is 17.8 Å². The number of rotatable bonds is 4. The Hall–Kier alpha value is -2.19. The Bertz CT molecular complexity index is 710. The molecule has 106 valence electrons. The van der Waals surface area contributed by atoms with Gasteiger partial charge in [-0.25, -0.2) is 4.39 Å². The molecule has 2 aromatic carbocycles. The Balaban J connectivity index is 1.94. The molecule has 0 aromatic heterocycles.